The van der Waals surface area contributed by atoms with Gasteiger partial charge in [-0.2, -0.15) is 13.2 Å². The fraction of sp³-hybridized carbons (Fsp3) is 0.250. The van der Waals surface area contributed by atoms with Gasteiger partial charge in [0, 0.05) is 0 Å². The summed E-state index contributed by atoms with van der Waals surface area (Å²) in [4.78, 5) is 0. The van der Waals surface area contributed by atoms with E-state index in [9.17, 15) is 22.7 Å². The van der Waals surface area contributed by atoms with Crippen molar-refractivity contribution in [1.29, 1.82) is 0 Å². The molecule has 112 valence electrons. The van der Waals surface area contributed by atoms with Crippen molar-refractivity contribution in [2.75, 3.05) is 0 Å². The molecule has 0 heterocycles. The molecular weight excluding hydrogens is 284 g/mol. The van der Waals surface area contributed by atoms with Crippen LogP contribution in [0.25, 0.3) is 0 Å². The van der Waals surface area contributed by atoms with Crippen LogP contribution < -0.4 is 0 Å². The zero-order chi connectivity index (χ0) is 15.8. The Morgan fingerprint density at radius 3 is 1.86 bits per heavy atom. The Bertz CT molecular complexity index is 621. The van der Waals surface area contributed by atoms with Crippen LogP contribution in [0.3, 0.4) is 0 Å². The van der Waals surface area contributed by atoms with Gasteiger partial charge in [0.25, 0.3) is 0 Å². The molecule has 0 saturated carbocycles. The number of aliphatic hydroxyl groups excluding tert-OH is 1. The maximum Gasteiger partial charge on any atom is 0.416 e. The number of hydrogen-bond acceptors (Lipinski definition) is 1. The van der Waals surface area contributed by atoms with Gasteiger partial charge in [0.15, 0.2) is 0 Å². The second-order valence-electron chi connectivity index (χ2n) is 4.98. The highest BCUT2D eigenvalue weighted by molar-refractivity contribution is 5.41. The van der Waals surface area contributed by atoms with Gasteiger partial charge in [-0.3, -0.25) is 0 Å². The lowest BCUT2D eigenvalue weighted by Crippen LogP contribution is -2.08. The molecule has 0 aliphatic rings. The topological polar surface area (TPSA) is 20.2 Å². The average Bonchev–Trinajstić information content (AvgIpc) is 2.36. The normalized spacial score (nSPS) is 13.3. The summed E-state index contributed by atoms with van der Waals surface area (Å²) in [7, 11) is 0. The number of alkyl halides is 3. The summed E-state index contributed by atoms with van der Waals surface area (Å²) < 4.78 is 50.8. The van der Waals surface area contributed by atoms with E-state index in [1.807, 2.05) is 0 Å². The van der Waals surface area contributed by atoms with E-state index < -0.39 is 23.7 Å². The number of rotatable bonds is 2. The molecule has 0 bridgehead atoms. The van der Waals surface area contributed by atoms with Crippen LogP contribution in [0.15, 0.2) is 36.4 Å². The Balaban J connectivity index is 2.39. The average molecular weight is 298 g/mol. The smallest absolute Gasteiger partial charge is 0.384 e. The SMILES string of the molecule is Cc1cc(F)cc(C)c1C(O)c1ccc(C(F)(F)F)cc1. The van der Waals surface area contributed by atoms with Crippen LogP contribution in [-0.4, -0.2) is 5.11 Å². The largest absolute Gasteiger partial charge is 0.416 e. The molecule has 0 aliphatic carbocycles. The van der Waals surface area contributed by atoms with Gasteiger partial charge < -0.3 is 5.11 Å². The summed E-state index contributed by atoms with van der Waals surface area (Å²) in [5.74, 6) is -0.409. The second-order valence-corrected chi connectivity index (χ2v) is 4.98. The van der Waals surface area contributed by atoms with E-state index in [1.54, 1.807) is 13.8 Å². The monoisotopic (exact) mass is 298 g/mol. The zero-order valence-electron chi connectivity index (χ0n) is 11.5. The first-order valence-corrected chi connectivity index (χ1v) is 6.32. The lowest BCUT2D eigenvalue weighted by molar-refractivity contribution is -0.137. The fourth-order valence-corrected chi connectivity index (χ4v) is 2.37. The van der Waals surface area contributed by atoms with Crippen molar-refractivity contribution in [1.82, 2.24) is 0 Å². The lowest BCUT2D eigenvalue weighted by atomic mass is 9.93. The number of aliphatic hydroxyl groups is 1. The molecule has 0 fully saturated rings. The minimum Gasteiger partial charge on any atom is -0.384 e. The minimum absolute atomic E-state index is 0.334. The third kappa shape index (κ3) is 3.24. The third-order valence-electron chi connectivity index (χ3n) is 3.39. The van der Waals surface area contributed by atoms with Crippen molar-refractivity contribution in [2.45, 2.75) is 26.1 Å². The van der Waals surface area contributed by atoms with Crippen LogP contribution in [0, 0.1) is 19.7 Å². The molecule has 0 spiro atoms. The van der Waals surface area contributed by atoms with Crippen LogP contribution in [0.2, 0.25) is 0 Å². The molecule has 5 heteroatoms. The highest BCUT2D eigenvalue weighted by atomic mass is 19.4. The molecule has 1 unspecified atom stereocenters. The molecule has 1 atom stereocenters. The van der Waals surface area contributed by atoms with Crippen molar-refractivity contribution in [3.63, 3.8) is 0 Å². The van der Waals surface area contributed by atoms with Gasteiger partial charge in [-0.1, -0.05) is 12.1 Å². The van der Waals surface area contributed by atoms with E-state index in [4.69, 9.17) is 0 Å². The van der Waals surface area contributed by atoms with Gasteiger partial charge in [-0.15, -0.1) is 0 Å². The van der Waals surface area contributed by atoms with Crippen LogP contribution in [0.1, 0.15) is 33.9 Å². The highest BCUT2D eigenvalue weighted by Gasteiger charge is 2.30. The molecule has 0 saturated heterocycles. The lowest BCUT2D eigenvalue weighted by Gasteiger charge is -2.18. The number of halogens is 4. The number of benzene rings is 2. The molecule has 1 nitrogen and oxygen atoms in total. The Labute approximate surface area is 119 Å². The Kier molecular flexibility index (Phi) is 4.05. The van der Waals surface area contributed by atoms with Crippen molar-refractivity contribution in [3.05, 3.63) is 70.0 Å². The van der Waals surface area contributed by atoms with Gasteiger partial charge in [-0.05, 0) is 60.4 Å². The molecule has 1 N–H and O–H groups in total. The second kappa shape index (κ2) is 5.48. The first-order valence-electron chi connectivity index (χ1n) is 6.32. The standard InChI is InChI=1S/C16H14F4O/c1-9-7-13(17)8-10(2)14(9)15(21)11-3-5-12(6-4-11)16(18,19)20/h3-8,15,21H,1-2H3. The van der Waals surface area contributed by atoms with Crippen LogP contribution in [-0.2, 0) is 6.18 Å². The van der Waals surface area contributed by atoms with Crippen LogP contribution >= 0.6 is 0 Å². The molecular formula is C16H14F4O. The minimum atomic E-state index is -4.41. The Morgan fingerprint density at radius 1 is 0.952 bits per heavy atom. The molecule has 2 rings (SSSR count). The molecule has 2 aromatic rings. The summed E-state index contributed by atoms with van der Waals surface area (Å²) >= 11 is 0. The molecule has 0 amide bonds. The first-order chi connectivity index (χ1) is 9.70. The van der Waals surface area contributed by atoms with E-state index in [0.717, 1.165) is 12.1 Å². The number of aryl methyl sites for hydroxylation is 2. The Morgan fingerprint density at radius 2 is 1.43 bits per heavy atom. The van der Waals surface area contributed by atoms with Gasteiger partial charge >= 0.3 is 6.18 Å². The van der Waals surface area contributed by atoms with E-state index in [0.29, 0.717) is 22.3 Å². The summed E-state index contributed by atoms with van der Waals surface area (Å²) in [5.41, 5.74) is 1.18. The molecule has 2 aromatic carbocycles. The Hall–Kier alpha value is -1.88. The van der Waals surface area contributed by atoms with Crippen molar-refractivity contribution >= 4 is 0 Å². The van der Waals surface area contributed by atoms with E-state index in [1.165, 1.54) is 24.3 Å². The van der Waals surface area contributed by atoms with Crippen molar-refractivity contribution in [3.8, 4) is 0 Å². The van der Waals surface area contributed by atoms with E-state index >= 15 is 0 Å². The zero-order valence-corrected chi connectivity index (χ0v) is 11.5. The van der Waals surface area contributed by atoms with E-state index in [-0.39, 0.29) is 0 Å². The summed E-state index contributed by atoms with van der Waals surface area (Å²) in [6.45, 7) is 3.30. The first kappa shape index (κ1) is 15.5. The predicted molar refractivity (Wildman–Crippen MR) is 71.4 cm³/mol. The van der Waals surface area contributed by atoms with Crippen LogP contribution in [0.4, 0.5) is 17.6 Å². The number of hydrogen-bond donors (Lipinski definition) is 1. The maximum atomic E-state index is 13.3. The molecule has 21 heavy (non-hydrogen) atoms. The molecule has 0 aliphatic heterocycles. The fourth-order valence-electron chi connectivity index (χ4n) is 2.37. The van der Waals surface area contributed by atoms with Gasteiger partial charge in [0.05, 0.1) is 5.56 Å². The summed E-state index contributed by atoms with van der Waals surface area (Å²) in [6, 6.07) is 6.89. The predicted octanol–water partition coefficient (Wildman–Crippen LogP) is 4.54. The van der Waals surface area contributed by atoms with Gasteiger partial charge in [0.1, 0.15) is 11.9 Å². The van der Waals surface area contributed by atoms with E-state index in [2.05, 4.69) is 0 Å². The third-order valence-corrected chi connectivity index (χ3v) is 3.39. The quantitative estimate of drug-likeness (QED) is 0.807. The molecule has 0 radical (unpaired) electrons. The van der Waals surface area contributed by atoms with Crippen molar-refractivity contribution in [2.24, 2.45) is 0 Å². The van der Waals surface area contributed by atoms with Gasteiger partial charge in [-0.25, -0.2) is 4.39 Å². The summed E-state index contributed by atoms with van der Waals surface area (Å²) in [5, 5.41) is 10.3. The van der Waals surface area contributed by atoms with Gasteiger partial charge in [0.2, 0.25) is 0 Å². The highest BCUT2D eigenvalue weighted by Crippen LogP contribution is 2.32. The van der Waals surface area contributed by atoms with Crippen LogP contribution in [0.5, 0.6) is 0 Å². The molecule has 0 aromatic heterocycles. The summed E-state index contributed by atoms with van der Waals surface area (Å²) in [6.07, 6.45) is -5.50. The van der Waals surface area contributed by atoms with Crippen molar-refractivity contribution < 1.29 is 22.7 Å². The maximum absolute atomic E-state index is 13.3.